The fourth-order valence-corrected chi connectivity index (χ4v) is 4.51. The monoisotopic (exact) mass is 285 g/mol. The van der Waals surface area contributed by atoms with Gasteiger partial charge in [0.05, 0.1) is 0 Å². The zero-order chi connectivity index (χ0) is 14.9. The van der Waals surface area contributed by atoms with Gasteiger partial charge < -0.3 is 5.32 Å². The molecule has 0 saturated heterocycles. The summed E-state index contributed by atoms with van der Waals surface area (Å²) < 4.78 is 0. The summed E-state index contributed by atoms with van der Waals surface area (Å²) >= 11 is 0. The maximum atomic E-state index is 3.93. The van der Waals surface area contributed by atoms with Crippen molar-refractivity contribution in [1.29, 1.82) is 0 Å². The first-order valence-corrected chi connectivity index (χ1v) is 8.91. The van der Waals surface area contributed by atoms with Gasteiger partial charge in [-0.15, -0.1) is 0 Å². The number of benzene rings is 1. The lowest BCUT2D eigenvalue weighted by atomic mass is 9.80. The molecule has 1 nitrogen and oxygen atoms in total. The maximum Gasteiger partial charge on any atom is 0.0377 e. The largest absolute Gasteiger partial charge is 0.309 e. The number of nitrogens with one attached hydrogen (secondary N) is 1. The Morgan fingerprint density at radius 2 is 1.71 bits per heavy atom. The van der Waals surface area contributed by atoms with E-state index in [4.69, 9.17) is 0 Å². The number of rotatable bonds is 4. The summed E-state index contributed by atoms with van der Waals surface area (Å²) in [6.07, 6.45) is 8.36. The highest BCUT2D eigenvalue weighted by molar-refractivity contribution is 5.37. The van der Waals surface area contributed by atoms with Gasteiger partial charge in [0.15, 0.2) is 0 Å². The Morgan fingerprint density at radius 3 is 2.43 bits per heavy atom. The molecule has 1 aromatic rings. The molecule has 3 rings (SSSR count). The molecule has 1 atom stereocenters. The SMILES string of the molecule is CCC1CCC(CNC2c3ccccc3CC2(C)C)CC1. The standard InChI is InChI=1S/C20H31N/c1-4-15-9-11-16(12-10-15)14-21-19-18-8-6-5-7-17(18)13-20(19,2)3/h5-8,15-16,19,21H,4,9-14H2,1-3H3. The number of hydrogen-bond acceptors (Lipinski definition) is 1. The molecule has 0 amide bonds. The van der Waals surface area contributed by atoms with Crippen LogP contribution < -0.4 is 5.32 Å². The van der Waals surface area contributed by atoms with Gasteiger partial charge in [-0.2, -0.15) is 0 Å². The van der Waals surface area contributed by atoms with Crippen LogP contribution in [0.3, 0.4) is 0 Å². The summed E-state index contributed by atoms with van der Waals surface area (Å²) in [5.41, 5.74) is 3.45. The minimum Gasteiger partial charge on any atom is -0.309 e. The molecule has 1 heteroatoms. The van der Waals surface area contributed by atoms with Gasteiger partial charge in [0, 0.05) is 6.04 Å². The Kier molecular flexibility index (Phi) is 4.40. The summed E-state index contributed by atoms with van der Waals surface area (Å²) in [6.45, 7) is 8.39. The first-order valence-electron chi connectivity index (χ1n) is 8.91. The van der Waals surface area contributed by atoms with Gasteiger partial charge in [-0.3, -0.25) is 0 Å². The van der Waals surface area contributed by atoms with Crippen LogP contribution in [0.5, 0.6) is 0 Å². The lowest BCUT2D eigenvalue weighted by molar-refractivity contribution is 0.221. The quantitative estimate of drug-likeness (QED) is 0.810. The molecule has 2 aliphatic rings. The van der Waals surface area contributed by atoms with Gasteiger partial charge in [-0.05, 0) is 54.2 Å². The van der Waals surface area contributed by atoms with Crippen LogP contribution in [0.25, 0.3) is 0 Å². The van der Waals surface area contributed by atoms with E-state index in [0.29, 0.717) is 11.5 Å². The molecule has 1 saturated carbocycles. The smallest absolute Gasteiger partial charge is 0.0377 e. The first kappa shape index (κ1) is 15.1. The van der Waals surface area contributed by atoms with Crippen molar-refractivity contribution in [2.24, 2.45) is 17.3 Å². The highest BCUT2D eigenvalue weighted by Gasteiger charge is 2.38. The first-order chi connectivity index (χ1) is 10.1. The fourth-order valence-electron chi connectivity index (χ4n) is 4.51. The van der Waals surface area contributed by atoms with Crippen LogP contribution in [-0.2, 0) is 6.42 Å². The van der Waals surface area contributed by atoms with Crippen molar-refractivity contribution in [3.8, 4) is 0 Å². The van der Waals surface area contributed by atoms with Gasteiger partial charge >= 0.3 is 0 Å². The minimum atomic E-state index is 0.351. The van der Waals surface area contributed by atoms with Gasteiger partial charge in [-0.25, -0.2) is 0 Å². The predicted octanol–water partition coefficient (Wildman–Crippen LogP) is 5.12. The second-order valence-corrected chi connectivity index (χ2v) is 8.00. The molecular formula is C20H31N. The van der Waals surface area contributed by atoms with E-state index in [-0.39, 0.29) is 0 Å². The fraction of sp³-hybridized carbons (Fsp3) is 0.700. The van der Waals surface area contributed by atoms with E-state index < -0.39 is 0 Å². The Morgan fingerprint density at radius 1 is 1.05 bits per heavy atom. The molecule has 0 bridgehead atoms. The average molecular weight is 285 g/mol. The molecule has 21 heavy (non-hydrogen) atoms. The van der Waals surface area contributed by atoms with E-state index in [1.165, 1.54) is 45.1 Å². The third-order valence-electron chi connectivity index (χ3n) is 5.95. The molecule has 116 valence electrons. The molecule has 0 aromatic heterocycles. The van der Waals surface area contributed by atoms with Crippen LogP contribution >= 0.6 is 0 Å². The Balaban J connectivity index is 1.60. The summed E-state index contributed by atoms with van der Waals surface area (Å²) in [7, 11) is 0. The van der Waals surface area contributed by atoms with Crippen molar-refractivity contribution in [2.75, 3.05) is 6.54 Å². The molecule has 0 heterocycles. The number of hydrogen-bond donors (Lipinski definition) is 1. The van der Waals surface area contributed by atoms with E-state index in [2.05, 4.69) is 50.4 Å². The number of fused-ring (bicyclic) bond motifs is 1. The Hall–Kier alpha value is -0.820. The summed E-state index contributed by atoms with van der Waals surface area (Å²) in [5.74, 6) is 1.90. The van der Waals surface area contributed by atoms with Crippen molar-refractivity contribution in [1.82, 2.24) is 5.32 Å². The molecule has 2 aliphatic carbocycles. The zero-order valence-corrected chi connectivity index (χ0v) is 14.0. The highest BCUT2D eigenvalue weighted by atomic mass is 14.9. The second kappa shape index (κ2) is 6.12. The van der Waals surface area contributed by atoms with Gasteiger partial charge in [0.2, 0.25) is 0 Å². The summed E-state index contributed by atoms with van der Waals surface area (Å²) in [5, 5.41) is 3.93. The average Bonchev–Trinajstić information content (AvgIpc) is 2.75. The maximum absolute atomic E-state index is 3.93. The van der Waals surface area contributed by atoms with Crippen molar-refractivity contribution >= 4 is 0 Å². The van der Waals surface area contributed by atoms with Crippen LogP contribution in [0.4, 0.5) is 0 Å². The van der Waals surface area contributed by atoms with Crippen LogP contribution in [0.1, 0.15) is 70.0 Å². The molecule has 1 unspecified atom stereocenters. The normalized spacial score (nSPS) is 31.1. The van der Waals surface area contributed by atoms with E-state index in [1.54, 1.807) is 11.1 Å². The van der Waals surface area contributed by atoms with Gasteiger partial charge in [0.25, 0.3) is 0 Å². The highest BCUT2D eigenvalue weighted by Crippen LogP contribution is 2.45. The molecular weight excluding hydrogens is 254 g/mol. The van der Waals surface area contributed by atoms with Crippen LogP contribution in [0.15, 0.2) is 24.3 Å². The van der Waals surface area contributed by atoms with E-state index in [0.717, 1.165) is 11.8 Å². The molecule has 1 aromatic carbocycles. The third kappa shape index (κ3) is 3.18. The molecule has 0 aliphatic heterocycles. The van der Waals surface area contributed by atoms with Crippen molar-refractivity contribution in [2.45, 2.75) is 65.3 Å². The van der Waals surface area contributed by atoms with Crippen molar-refractivity contribution < 1.29 is 0 Å². The van der Waals surface area contributed by atoms with E-state index >= 15 is 0 Å². The summed E-state index contributed by atoms with van der Waals surface area (Å²) in [6, 6.07) is 9.56. The van der Waals surface area contributed by atoms with Crippen LogP contribution in [-0.4, -0.2) is 6.54 Å². The molecule has 0 radical (unpaired) electrons. The lowest BCUT2D eigenvalue weighted by Gasteiger charge is -2.33. The Bertz CT molecular complexity index is 468. The minimum absolute atomic E-state index is 0.351. The summed E-state index contributed by atoms with van der Waals surface area (Å²) in [4.78, 5) is 0. The zero-order valence-electron chi connectivity index (χ0n) is 14.0. The lowest BCUT2D eigenvalue weighted by Crippen LogP contribution is -2.35. The second-order valence-electron chi connectivity index (χ2n) is 8.00. The topological polar surface area (TPSA) is 12.0 Å². The van der Waals surface area contributed by atoms with Crippen molar-refractivity contribution in [3.63, 3.8) is 0 Å². The molecule has 1 fully saturated rings. The predicted molar refractivity (Wildman–Crippen MR) is 90.4 cm³/mol. The van der Waals surface area contributed by atoms with Crippen molar-refractivity contribution in [3.05, 3.63) is 35.4 Å². The van der Waals surface area contributed by atoms with E-state index in [1.807, 2.05) is 0 Å². The third-order valence-corrected chi connectivity index (χ3v) is 5.95. The van der Waals surface area contributed by atoms with Crippen LogP contribution in [0.2, 0.25) is 0 Å². The van der Waals surface area contributed by atoms with E-state index in [9.17, 15) is 0 Å². The van der Waals surface area contributed by atoms with Crippen LogP contribution in [0, 0.1) is 17.3 Å². The Labute approximate surface area is 130 Å². The molecule has 0 spiro atoms. The van der Waals surface area contributed by atoms with Gasteiger partial charge in [0.1, 0.15) is 0 Å². The van der Waals surface area contributed by atoms with Gasteiger partial charge in [-0.1, -0.05) is 64.3 Å². The molecule has 1 N–H and O–H groups in total.